The van der Waals surface area contributed by atoms with Gasteiger partial charge in [-0.2, -0.15) is 0 Å². The molecule has 7 nitrogen and oxygen atoms in total. The second kappa shape index (κ2) is 6.30. The zero-order valence-electron chi connectivity index (χ0n) is 15.2. The first kappa shape index (κ1) is 16.7. The third-order valence-corrected chi connectivity index (χ3v) is 5.17. The number of fused-ring (bicyclic) bond motifs is 1. The maximum Gasteiger partial charge on any atom is 0.236 e. The summed E-state index contributed by atoms with van der Waals surface area (Å²) in [5.74, 6) is 2.57. The molecule has 28 heavy (non-hydrogen) atoms. The van der Waals surface area contributed by atoms with E-state index < -0.39 is 5.41 Å². The Morgan fingerprint density at radius 1 is 1.11 bits per heavy atom. The van der Waals surface area contributed by atoms with E-state index in [1.807, 2.05) is 42.5 Å². The van der Waals surface area contributed by atoms with Crippen LogP contribution in [0, 0.1) is 0 Å². The second-order valence-electron chi connectivity index (χ2n) is 6.91. The maximum atomic E-state index is 12.9. The van der Waals surface area contributed by atoms with E-state index in [-0.39, 0.29) is 12.7 Å². The molecule has 1 aromatic heterocycles. The number of rotatable bonds is 5. The van der Waals surface area contributed by atoms with Crippen molar-refractivity contribution in [3.8, 4) is 28.6 Å². The standard InChI is InChI=1S/C21H18N2O5/c1-25-15-4-2-3-14(10-15)22-20(24)21(7-8-21)19-11-17(28-23-19)13-5-6-16-18(9-13)27-12-26-16/h2-6,9-11H,7-8,12H2,1H3,(H,22,24). The number of nitrogens with zero attached hydrogens (tertiary/aromatic N) is 1. The average Bonchev–Trinajstić information content (AvgIpc) is 3.15. The number of hydrogen-bond acceptors (Lipinski definition) is 6. The third kappa shape index (κ3) is 2.76. The quantitative estimate of drug-likeness (QED) is 0.728. The second-order valence-corrected chi connectivity index (χ2v) is 6.91. The van der Waals surface area contributed by atoms with Crippen LogP contribution in [-0.2, 0) is 10.2 Å². The van der Waals surface area contributed by atoms with Gasteiger partial charge < -0.3 is 24.1 Å². The average molecular weight is 378 g/mol. The minimum atomic E-state index is -0.652. The smallest absolute Gasteiger partial charge is 0.236 e. The summed E-state index contributed by atoms with van der Waals surface area (Å²) < 4.78 is 21.5. The number of anilines is 1. The van der Waals surface area contributed by atoms with Gasteiger partial charge in [-0.15, -0.1) is 0 Å². The number of benzene rings is 2. The summed E-state index contributed by atoms with van der Waals surface area (Å²) in [6.07, 6.45) is 1.46. The first-order chi connectivity index (χ1) is 13.7. The van der Waals surface area contributed by atoms with Crippen LogP contribution >= 0.6 is 0 Å². The number of nitrogens with one attached hydrogen (secondary N) is 1. The van der Waals surface area contributed by atoms with Gasteiger partial charge in [-0.1, -0.05) is 11.2 Å². The van der Waals surface area contributed by atoms with Crippen LogP contribution < -0.4 is 19.5 Å². The van der Waals surface area contributed by atoms with Crippen LogP contribution in [0.1, 0.15) is 18.5 Å². The van der Waals surface area contributed by atoms with Crippen molar-refractivity contribution in [3.63, 3.8) is 0 Å². The highest BCUT2D eigenvalue weighted by Crippen LogP contribution is 2.49. The van der Waals surface area contributed by atoms with E-state index in [0.29, 0.717) is 34.4 Å². The van der Waals surface area contributed by atoms with Crippen molar-refractivity contribution in [2.45, 2.75) is 18.3 Å². The molecule has 142 valence electrons. The zero-order chi connectivity index (χ0) is 19.1. The summed E-state index contributed by atoms with van der Waals surface area (Å²) in [7, 11) is 1.59. The third-order valence-electron chi connectivity index (χ3n) is 5.17. The summed E-state index contributed by atoms with van der Waals surface area (Å²) in [6.45, 7) is 0.216. The van der Waals surface area contributed by atoms with E-state index in [1.54, 1.807) is 13.2 Å². The molecule has 7 heteroatoms. The van der Waals surface area contributed by atoms with E-state index in [0.717, 1.165) is 18.4 Å². The molecule has 1 aliphatic carbocycles. The number of carbonyl (C=O) groups excluding carboxylic acids is 1. The highest BCUT2D eigenvalue weighted by atomic mass is 16.7. The number of carbonyl (C=O) groups is 1. The fourth-order valence-corrected chi connectivity index (χ4v) is 3.36. The molecule has 0 spiro atoms. The molecule has 5 rings (SSSR count). The molecule has 1 N–H and O–H groups in total. The molecular weight excluding hydrogens is 360 g/mol. The van der Waals surface area contributed by atoms with Crippen LogP contribution in [0.3, 0.4) is 0 Å². The lowest BCUT2D eigenvalue weighted by atomic mass is 10.00. The van der Waals surface area contributed by atoms with E-state index in [4.69, 9.17) is 18.7 Å². The largest absolute Gasteiger partial charge is 0.497 e. The minimum Gasteiger partial charge on any atom is -0.497 e. The molecule has 0 bridgehead atoms. The molecule has 0 radical (unpaired) electrons. The van der Waals surface area contributed by atoms with Gasteiger partial charge in [0.05, 0.1) is 18.2 Å². The van der Waals surface area contributed by atoms with Crippen molar-refractivity contribution in [3.05, 3.63) is 54.2 Å². The summed E-state index contributed by atoms with van der Waals surface area (Å²) in [6, 6.07) is 14.7. The highest BCUT2D eigenvalue weighted by molar-refractivity contribution is 6.01. The van der Waals surface area contributed by atoms with Gasteiger partial charge in [0.25, 0.3) is 0 Å². The molecule has 2 heterocycles. The topological polar surface area (TPSA) is 82.8 Å². The molecule has 0 atom stereocenters. The van der Waals surface area contributed by atoms with Crippen molar-refractivity contribution >= 4 is 11.6 Å². The molecule has 2 aromatic carbocycles. The zero-order valence-corrected chi connectivity index (χ0v) is 15.2. The van der Waals surface area contributed by atoms with Gasteiger partial charge in [-0.25, -0.2) is 0 Å². The SMILES string of the molecule is COc1cccc(NC(=O)C2(c3cc(-c4ccc5c(c4)OCO5)on3)CC2)c1. The summed E-state index contributed by atoms with van der Waals surface area (Å²) in [5, 5.41) is 7.15. The van der Waals surface area contributed by atoms with Gasteiger partial charge in [0.2, 0.25) is 12.7 Å². The fourth-order valence-electron chi connectivity index (χ4n) is 3.36. The van der Waals surface area contributed by atoms with Crippen LogP contribution in [0.5, 0.6) is 17.2 Å². The Hall–Kier alpha value is -3.48. The van der Waals surface area contributed by atoms with E-state index in [9.17, 15) is 4.79 Å². The number of hydrogen-bond donors (Lipinski definition) is 1. The Labute approximate surface area is 161 Å². The first-order valence-electron chi connectivity index (χ1n) is 9.01. The lowest BCUT2D eigenvalue weighted by molar-refractivity contribution is -0.118. The molecule has 3 aromatic rings. The Morgan fingerprint density at radius 2 is 1.96 bits per heavy atom. The molecule has 2 aliphatic rings. The van der Waals surface area contributed by atoms with E-state index >= 15 is 0 Å². The predicted octanol–water partition coefficient (Wildman–Crippen LogP) is 3.75. The van der Waals surface area contributed by atoms with Gasteiger partial charge in [-0.3, -0.25) is 4.79 Å². The normalized spacial score (nSPS) is 15.9. The monoisotopic (exact) mass is 378 g/mol. The van der Waals surface area contributed by atoms with E-state index in [1.165, 1.54) is 0 Å². The number of amides is 1. The van der Waals surface area contributed by atoms with Crippen LogP contribution in [-0.4, -0.2) is 25.0 Å². The number of methoxy groups -OCH3 is 1. The fraction of sp³-hybridized carbons (Fsp3) is 0.238. The van der Waals surface area contributed by atoms with Crippen molar-refractivity contribution in [1.29, 1.82) is 0 Å². The lowest BCUT2D eigenvalue weighted by Crippen LogP contribution is -2.28. The Morgan fingerprint density at radius 3 is 2.79 bits per heavy atom. The summed E-state index contributed by atoms with van der Waals surface area (Å²) in [5.41, 5.74) is 1.50. The van der Waals surface area contributed by atoms with Gasteiger partial charge in [-0.05, 0) is 43.2 Å². The summed E-state index contributed by atoms with van der Waals surface area (Å²) >= 11 is 0. The Kier molecular flexibility index (Phi) is 3.75. The maximum absolute atomic E-state index is 12.9. The number of aromatic nitrogens is 1. The van der Waals surface area contributed by atoms with Crippen molar-refractivity contribution in [2.75, 3.05) is 19.2 Å². The highest BCUT2D eigenvalue weighted by Gasteiger charge is 2.53. The molecule has 1 fully saturated rings. The van der Waals surface area contributed by atoms with Crippen molar-refractivity contribution in [1.82, 2.24) is 5.16 Å². The number of ether oxygens (including phenoxy) is 3. The van der Waals surface area contributed by atoms with Crippen LogP contribution in [0.4, 0.5) is 5.69 Å². The van der Waals surface area contributed by atoms with Crippen LogP contribution in [0.15, 0.2) is 53.1 Å². The Bertz CT molecular complexity index is 1050. The van der Waals surface area contributed by atoms with Gasteiger partial charge in [0, 0.05) is 23.4 Å². The van der Waals surface area contributed by atoms with E-state index in [2.05, 4.69) is 10.5 Å². The van der Waals surface area contributed by atoms with Gasteiger partial charge in [0.1, 0.15) is 5.75 Å². The first-order valence-corrected chi connectivity index (χ1v) is 9.01. The molecule has 1 aliphatic heterocycles. The molecule has 0 saturated heterocycles. The molecule has 1 saturated carbocycles. The minimum absolute atomic E-state index is 0.0914. The Balaban J connectivity index is 1.38. The molecule has 1 amide bonds. The van der Waals surface area contributed by atoms with Crippen LogP contribution in [0.25, 0.3) is 11.3 Å². The van der Waals surface area contributed by atoms with Crippen molar-refractivity contribution < 1.29 is 23.5 Å². The molecule has 0 unspecified atom stereocenters. The predicted molar refractivity (Wildman–Crippen MR) is 101 cm³/mol. The lowest BCUT2D eigenvalue weighted by Gasteiger charge is -2.13. The van der Waals surface area contributed by atoms with Crippen LogP contribution in [0.2, 0.25) is 0 Å². The molecular formula is C21H18N2O5. The van der Waals surface area contributed by atoms with Gasteiger partial charge >= 0.3 is 0 Å². The van der Waals surface area contributed by atoms with Gasteiger partial charge in [0.15, 0.2) is 17.3 Å². The van der Waals surface area contributed by atoms with Crippen molar-refractivity contribution in [2.24, 2.45) is 0 Å². The summed E-state index contributed by atoms with van der Waals surface area (Å²) in [4.78, 5) is 12.9.